The molecule has 1 amide bonds. The first-order valence-electron chi connectivity index (χ1n) is 24.8. The van der Waals surface area contributed by atoms with Gasteiger partial charge in [0.2, 0.25) is 17.6 Å². The maximum absolute atomic E-state index is 14.3. The number of benzene rings is 4. The van der Waals surface area contributed by atoms with Crippen molar-refractivity contribution in [3.05, 3.63) is 141 Å². The van der Waals surface area contributed by atoms with Crippen molar-refractivity contribution in [3.63, 3.8) is 0 Å². The van der Waals surface area contributed by atoms with Gasteiger partial charge in [-0.3, -0.25) is 30.4 Å². The molecule has 0 saturated carbocycles. The van der Waals surface area contributed by atoms with E-state index in [2.05, 4.69) is 29.7 Å². The maximum atomic E-state index is 14.3. The third-order valence-electron chi connectivity index (χ3n) is 10.5. The van der Waals surface area contributed by atoms with Crippen LogP contribution in [0.2, 0.25) is 10.0 Å². The number of halogens is 4. The van der Waals surface area contributed by atoms with Crippen LogP contribution >= 0.6 is 23.2 Å². The van der Waals surface area contributed by atoms with E-state index in [4.69, 9.17) is 68.5 Å². The summed E-state index contributed by atoms with van der Waals surface area (Å²) in [5.74, 6) is -0.839. The number of ether oxygens (including phenoxy) is 6. The number of aliphatic hydroxyl groups is 1. The fraction of sp³-hybridized carbons (Fsp3) is 0.327. The maximum Gasteiger partial charge on any atom is 0.374 e. The number of nitrogens with one attached hydrogen (secondary N) is 1. The molecule has 0 spiro atoms. The Hall–Kier alpha value is -8.57. The number of carboxylic acids is 2. The lowest BCUT2D eigenvalue weighted by Gasteiger charge is -2.26. The molecule has 4 aromatic carbocycles. The number of amides is 1. The zero-order valence-electron chi connectivity index (χ0n) is 46.5. The zero-order valence-corrected chi connectivity index (χ0v) is 48.0. The third kappa shape index (κ3) is 24.9. The Kier molecular flexibility index (Phi) is 28.9. The first kappa shape index (κ1) is 69.7. The van der Waals surface area contributed by atoms with Crippen molar-refractivity contribution in [1.82, 2.24) is 25.8 Å². The predicted molar refractivity (Wildman–Crippen MR) is 296 cm³/mol. The number of carbonyl (C=O) groups excluding carboxylic acids is 5. The van der Waals surface area contributed by atoms with E-state index < -0.39 is 71.9 Å². The van der Waals surface area contributed by atoms with Crippen LogP contribution in [0.25, 0.3) is 22.3 Å². The molecule has 0 aliphatic carbocycles. The summed E-state index contributed by atoms with van der Waals surface area (Å²) in [7, 11) is 3.93. The van der Waals surface area contributed by atoms with Crippen LogP contribution in [-0.2, 0) is 56.0 Å². The number of esters is 4. The summed E-state index contributed by atoms with van der Waals surface area (Å²) in [6.07, 6.45) is -2.93. The number of aromatic carboxylic acids is 1. The van der Waals surface area contributed by atoms with Crippen LogP contribution in [0.15, 0.2) is 106 Å². The molecule has 29 heteroatoms. The number of hydrogen-bond acceptors (Lipinski definition) is 22. The molecule has 8 N–H and O–H groups in total. The third-order valence-corrected chi connectivity index (χ3v) is 10.9. The SMILES string of the molecule is CC(C)(C)OC(=O)CCC(=O)O.CCOC(=O)[C@@H](CN(Cc1ccc(-c2cc(Cl)ccc2F)cc1)NC(=O)c1cc(OC)no1)OC(=O)CN.COC(=O)[C@H](O)CN(N)Cc1ccc(-c2cc(Cl)ccc2F)cc1.COc1cc(C(=O)O)on1. The van der Waals surface area contributed by atoms with Crippen molar-refractivity contribution in [3.8, 4) is 34.0 Å². The summed E-state index contributed by atoms with van der Waals surface area (Å²) in [4.78, 5) is 79.3. The minimum absolute atomic E-state index is 0.0429. The van der Waals surface area contributed by atoms with Crippen LogP contribution in [0.4, 0.5) is 8.78 Å². The Labute approximate surface area is 490 Å². The first-order valence-corrected chi connectivity index (χ1v) is 25.6. The van der Waals surface area contributed by atoms with Gasteiger partial charge in [0, 0.05) is 34.3 Å². The molecule has 0 bridgehead atoms. The molecule has 0 aliphatic heterocycles. The van der Waals surface area contributed by atoms with Gasteiger partial charge in [-0.15, -0.1) is 0 Å². The van der Waals surface area contributed by atoms with Crippen molar-refractivity contribution in [1.29, 1.82) is 0 Å². The van der Waals surface area contributed by atoms with Gasteiger partial charge in [-0.2, -0.15) is 0 Å². The van der Waals surface area contributed by atoms with Gasteiger partial charge in [-0.25, -0.2) is 33.2 Å². The smallest absolute Gasteiger partial charge is 0.374 e. The van der Waals surface area contributed by atoms with E-state index in [-0.39, 0.29) is 68.2 Å². The number of hydrazine groups is 2. The molecule has 0 fully saturated rings. The summed E-state index contributed by atoms with van der Waals surface area (Å²) in [5, 5.41) is 36.5. The van der Waals surface area contributed by atoms with Gasteiger partial charge >= 0.3 is 41.7 Å². The largest absolute Gasteiger partial charge is 0.481 e. The van der Waals surface area contributed by atoms with Crippen LogP contribution in [0.1, 0.15) is 72.8 Å². The lowest BCUT2D eigenvalue weighted by atomic mass is 10.0. The second-order valence-corrected chi connectivity index (χ2v) is 19.0. The van der Waals surface area contributed by atoms with Gasteiger partial charge < -0.3 is 58.5 Å². The number of nitrogens with zero attached hydrogens (tertiary/aromatic N) is 4. The number of aliphatic carboxylic acids is 1. The van der Waals surface area contributed by atoms with Crippen molar-refractivity contribution >= 4 is 64.9 Å². The molecular formula is C55H63Cl2F2N7O18. The van der Waals surface area contributed by atoms with Gasteiger partial charge in [0.25, 0.3) is 11.8 Å². The fourth-order valence-electron chi connectivity index (χ4n) is 6.64. The van der Waals surface area contributed by atoms with Gasteiger partial charge in [-0.1, -0.05) is 71.7 Å². The number of hydrogen-bond donors (Lipinski definition) is 6. The number of carboxylic acid groups (broad SMARTS) is 2. The van der Waals surface area contributed by atoms with Crippen LogP contribution in [0, 0.1) is 11.6 Å². The van der Waals surface area contributed by atoms with Crippen molar-refractivity contribution in [2.45, 2.75) is 71.4 Å². The normalized spacial score (nSPS) is 11.4. The minimum Gasteiger partial charge on any atom is -0.481 e. The summed E-state index contributed by atoms with van der Waals surface area (Å²) in [5.41, 5.74) is 10.9. The molecule has 0 aliphatic rings. The first-order chi connectivity index (χ1) is 39.7. The van der Waals surface area contributed by atoms with Crippen LogP contribution in [0.5, 0.6) is 11.8 Å². The number of nitrogens with two attached hydrogens (primary N) is 2. The average Bonchev–Trinajstić information content (AvgIpc) is 4.02. The second kappa shape index (κ2) is 34.8. The fourth-order valence-corrected chi connectivity index (χ4v) is 6.98. The second-order valence-electron chi connectivity index (χ2n) is 18.1. The van der Waals surface area contributed by atoms with E-state index in [0.717, 1.165) is 5.56 Å². The van der Waals surface area contributed by atoms with Crippen molar-refractivity contribution < 1.29 is 95.1 Å². The number of aromatic nitrogens is 2. The molecular weight excluding hydrogens is 1160 g/mol. The quantitative estimate of drug-likeness (QED) is 0.0169. The highest BCUT2D eigenvalue weighted by atomic mass is 35.5. The molecule has 2 aromatic heterocycles. The highest BCUT2D eigenvalue weighted by Gasteiger charge is 2.29. The molecule has 0 radical (unpaired) electrons. The van der Waals surface area contributed by atoms with Gasteiger partial charge in [0.15, 0.2) is 6.10 Å². The van der Waals surface area contributed by atoms with E-state index in [1.165, 1.54) is 73.8 Å². The van der Waals surface area contributed by atoms with Crippen LogP contribution < -0.4 is 26.5 Å². The summed E-state index contributed by atoms with van der Waals surface area (Å²) < 4.78 is 66.4. The Balaban J connectivity index is 0.000000338. The van der Waals surface area contributed by atoms with Crippen LogP contribution in [-0.4, -0.2) is 143 Å². The van der Waals surface area contributed by atoms with E-state index >= 15 is 0 Å². The Morgan fingerprint density at radius 3 is 1.63 bits per heavy atom. The standard InChI is InChI=1S/C25H26ClFN4O7.C17H18ClFN2O3.C8H14O4.C5H5NO4/c1-3-36-25(34)21(37-23(32)12-28)14-31(29-24(33)20-11-22(35-2)30-38-20)13-15-4-6-16(7-5-15)18-10-17(26)8-9-19(18)27;1-24-17(23)16(22)10-21(20)9-11-2-4-12(5-3-11)14-8-13(18)6-7-15(14)19;1-8(2,3)12-7(11)5-4-6(9)10;1-9-4-2-3(5(7)8)10-6-4/h4-11,21H,3,12-14,28H2,1-2H3,(H,29,33);2-8,16,22H,9-10,20H2,1H3;4-5H2,1-3H3,(H,9,10);2H,1H3,(H,7,8)/t21-;16-;;/m11../s1. The molecule has 2 atom stereocenters. The molecule has 6 aromatic rings. The molecule has 0 saturated heterocycles. The van der Waals surface area contributed by atoms with E-state index in [0.29, 0.717) is 44.4 Å². The Morgan fingerprint density at radius 1 is 0.702 bits per heavy atom. The summed E-state index contributed by atoms with van der Waals surface area (Å²) >= 11 is 11.9. The Morgan fingerprint density at radius 2 is 1.20 bits per heavy atom. The molecule has 25 nitrogen and oxygen atoms in total. The van der Waals surface area contributed by atoms with Crippen molar-refractivity contribution in [2.75, 3.05) is 47.6 Å². The Bertz CT molecular complexity index is 3120. The van der Waals surface area contributed by atoms with Crippen molar-refractivity contribution in [2.24, 2.45) is 11.6 Å². The minimum atomic E-state index is -1.39. The zero-order chi connectivity index (χ0) is 62.7. The lowest BCUT2D eigenvalue weighted by Crippen LogP contribution is -2.49. The highest BCUT2D eigenvalue weighted by Crippen LogP contribution is 2.28. The van der Waals surface area contributed by atoms with E-state index in [1.807, 2.05) is 0 Å². The molecule has 84 heavy (non-hydrogen) atoms. The lowest BCUT2D eigenvalue weighted by molar-refractivity contribution is -0.168. The van der Waals surface area contributed by atoms with E-state index in [1.54, 1.807) is 82.3 Å². The average molecular weight is 1220 g/mol. The van der Waals surface area contributed by atoms with Gasteiger partial charge in [-0.05, 0) is 96.7 Å². The molecule has 6 rings (SSSR count). The predicted octanol–water partition coefficient (Wildman–Crippen LogP) is 6.65. The molecule has 454 valence electrons. The number of methoxy groups -OCH3 is 3. The monoisotopic (exact) mass is 1220 g/mol. The number of aliphatic hydroxyl groups excluding tert-OH is 1. The summed E-state index contributed by atoms with van der Waals surface area (Å²) in [6, 6.07) is 25.0. The topological polar surface area (TPSA) is 358 Å². The molecule has 2 heterocycles. The van der Waals surface area contributed by atoms with Crippen LogP contribution in [0.3, 0.4) is 0 Å². The van der Waals surface area contributed by atoms with Gasteiger partial charge in [0.1, 0.15) is 17.2 Å². The molecule has 0 unspecified atom stereocenters. The summed E-state index contributed by atoms with van der Waals surface area (Å²) in [6.45, 7) is 6.42. The van der Waals surface area contributed by atoms with Gasteiger partial charge in [0.05, 0.1) is 72.5 Å². The number of rotatable bonds is 23. The highest BCUT2D eigenvalue weighted by molar-refractivity contribution is 6.31. The number of carbonyl (C=O) groups is 7. The van der Waals surface area contributed by atoms with E-state index in [9.17, 15) is 47.4 Å².